The van der Waals surface area contributed by atoms with Crippen molar-refractivity contribution in [3.63, 3.8) is 0 Å². The third kappa shape index (κ3) is 3.04. The number of amides is 1. The second-order valence-electron chi connectivity index (χ2n) is 8.70. The third-order valence-corrected chi connectivity index (χ3v) is 6.56. The molecule has 7 nitrogen and oxygen atoms in total. The maximum absolute atomic E-state index is 13.1. The van der Waals surface area contributed by atoms with E-state index in [1.807, 2.05) is 49.3 Å². The maximum Gasteiger partial charge on any atom is 0.276 e. The Hall–Kier alpha value is -2.67. The van der Waals surface area contributed by atoms with Crippen molar-refractivity contribution in [2.45, 2.75) is 44.8 Å². The van der Waals surface area contributed by atoms with Crippen LogP contribution < -0.4 is 0 Å². The second kappa shape index (κ2) is 6.99. The van der Waals surface area contributed by atoms with E-state index >= 15 is 0 Å². The van der Waals surface area contributed by atoms with Crippen molar-refractivity contribution < 1.29 is 14.3 Å². The van der Waals surface area contributed by atoms with Crippen LogP contribution in [0.3, 0.4) is 0 Å². The predicted octanol–water partition coefficient (Wildman–Crippen LogP) is 3.23. The van der Waals surface area contributed by atoms with E-state index in [9.17, 15) is 9.90 Å². The fourth-order valence-electron chi connectivity index (χ4n) is 5.09. The summed E-state index contributed by atoms with van der Waals surface area (Å²) in [6.45, 7) is 5.36. The molecule has 3 heterocycles. The lowest BCUT2D eigenvalue weighted by Gasteiger charge is -2.36. The Labute approximate surface area is 169 Å². The van der Waals surface area contributed by atoms with Crippen molar-refractivity contribution in [1.82, 2.24) is 19.4 Å². The largest absolute Gasteiger partial charge is 0.447 e. The van der Waals surface area contributed by atoms with Gasteiger partial charge < -0.3 is 19.0 Å². The number of hydrogen-bond donors (Lipinski definition) is 1. The number of carbonyl (C=O) groups is 1. The van der Waals surface area contributed by atoms with E-state index in [1.54, 1.807) is 0 Å². The molecule has 5 rings (SSSR count). The summed E-state index contributed by atoms with van der Waals surface area (Å²) in [6.07, 6.45) is 4.28. The van der Waals surface area contributed by atoms with Gasteiger partial charge in [-0.05, 0) is 36.8 Å². The molecule has 0 radical (unpaired) electrons. The number of fused-ring (bicyclic) bond motifs is 2. The molecule has 1 saturated heterocycles. The van der Waals surface area contributed by atoms with Crippen LogP contribution in [0.2, 0.25) is 0 Å². The Morgan fingerprint density at radius 3 is 2.72 bits per heavy atom. The smallest absolute Gasteiger partial charge is 0.276 e. The lowest BCUT2D eigenvalue weighted by Crippen LogP contribution is -2.36. The summed E-state index contributed by atoms with van der Waals surface area (Å²) >= 11 is 0. The van der Waals surface area contributed by atoms with Gasteiger partial charge in [-0.1, -0.05) is 26.0 Å². The number of likely N-dealkylation sites (tertiary alicyclic amines) is 1. The minimum absolute atomic E-state index is 0.0167. The van der Waals surface area contributed by atoms with Crippen LogP contribution in [0.5, 0.6) is 0 Å². The zero-order valence-corrected chi connectivity index (χ0v) is 16.7. The summed E-state index contributed by atoms with van der Waals surface area (Å²) in [7, 11) is 0. The fourth-order valence-corrected chi connectivity index (χ4v) is 5.09. The Bertz CT molecular complexity index is 1040. The van der Waals surface area contributed by atoms with E-state index in [4.69, 9.17) is 4.42 Å². The van der Waals surface area contributed by atoms with Gasteiger partial charge in [0.25, 0.3) is 5.91 Å². The minimum atomic E-state index is -0.442. The van der Waals surface area contributed by atoms with Crippen molar-refractivity contribution in [2.24, 2.45) is 11.8 Å². The van der Waals surface area contributed by atoms with Gasteiger partial charge in [0.1, 0.15) is 5.76 Å². The molecule has 1 amide bonds. The lowest BCUT2D eigenvalue weighted by molar-refractivity contribution is 0.0374. The molecule has 1 aromatic carbocycles. The monoisotopic (exact) mass is 394 g/mol. The molecule has 1 aliphatic carbocycles. The number of nitrogens with zero attached hydrogens (tertiary/aromatic N) is 4. The van der Waals surface area contributed by atoms with Gasteiger partial charge in [-0.2, -0.15) is 0 Å². The fraction of sp³-hybridized carbons (Fsp3) is 0.500. The SMILES string of the molecule is CC(C)c1ocnc1C(=O)N1C[C@H]2C[C@@H](n3cnc4ccccc43)[C@H](O)C[C@H]2C1. The molecule has 1 aliphatic heterocycles. The molecule has 29 heavy (non-hydrogen) atoms. The summed E-state index contributed by atoms with van der Waals surface area (Å²) in [4.78, 5) is 23.6. The number of hydrogen-bond acceptors (Lipinski definition) is 5. The van der Waals surface area contributed by atoms with E-state index in [-0.39, 0.29) is 17.9 Å². The van der Waals surface area contributed by atoms with Crippen LogP contribution in [0.25, 0.3) is 11.0 Å². The van der Waals surface area contributed by atoms with E-state index < -0.39 is 6.10 Å². The third-order valence-electron chi connectivity index (χ3n) is 6.56. The first-order valence-electron chi connectivity index (χ1n) is 10.3. The average Bonchev–Trinajstić information content (AvgIpc) is 3.44. The second-order valence-corrected chi connectivity index (χ2v) is 8.70. The summed E-state index contributed by atoms with van der Waals surface area (Å²) < 4.78 is 7.55. The van der Waals surface area contributed by atoms with Crippen LogP contribution >= 0.6 is 0 Å². The highest BCUT2D eigenvalue weighted by atomic mass is 16.3. The summed E-state index contributed by atoms with van der Waals surface area (Å²) in [5.41, 5.74) is 2.42. The van der Waals surface area contributed by atoms with Gasteiger partial charge in [0.05, 0.1) is 29.5 Å². The predicted molar refractivity (Wildman–Crippen MR) is 107 cm³/mol. The van der Waals surface area contributed by atoms with Gasteiger partial charge in [-0.15, -0.1) is 0 Å². The number of rotatable bonds is 3. The summed E-state index contributed by atoms with van der Waals surface area (Å²) in [5.74, 6) is 1.38. The Morgan fingerprint density at radius 2 is 1.93 bits per heavy atom. The number of aliphatic hydroxyl groups is 1. The summed E-state index contributed by atoms with van der Waals surface area (Å²) in [5, 5.41) is 10.9. The van der Waals surface area contributed by atoms with Crippen LogP contribution in [-0.4, -0.2) is 49.6 Å². The standard InChI is InChI=1S/C22H26N4O3/c1-13(2)21-20(24-12-29-21)22(28)25-9-14-7-18(19(27)8-15(14)10-25)26-11-23-16-5-3-4-6-17(16)26/h3-6,11-15,18-19,27H,7-10H2,1-2H3/t14-,15+,18-,19-/m1/s1. The zero-order chi connectivity index (χ0) is 20.1. The number of aliphatic hydroxyl groups excluding tert-OH is 1. The van der Waals surface area contributed by atoms with Crippen LogP contribution in [0.4, 0.5) is 0 Å². The van der Waals surface area contributed by atoms with Crippen molar-refractivity contribution in [3.05, 3.63) is 48.4 Å². The molecule has 2 aliphatic rings. The number of para-hydroxylation sites is 2. The molecule has 0 unspecified atom stereocenters. The average molecular weight is 394 g/mol. The maximum atomic E-state index is 13.1. The highest BCUT2D eigenvalue weighted by Crippen LogP contribution is 2.42. The zero-order valence-electron chi connectivity index (χ0n) is 16.7. The molecule has 2 aromatic heterocycles. The molecule has 0 spiro atoms. The number of benzene rings is 1. The van der Waals surface area contributed by atoms with Crippen molar-refractivity contribution in [3.8, 4) is 0 Å². The van der Waals surface area contributed by atoms with Gasteiger partial charge in [0.15, 0.2) is 12.1 Å². The van der Waals surface area contributed by atoms with Crippen molar-refractivity contribution in [1.29, 1.82) is 0 Å². The van der Waals surface area contributed by atoms with E-state index in [0.717, 1.165) is 17.5 Å². The van der Waals surface area contributed by atoms with Crippen LogP contribution in [0.1, 0.15) is 54.9 Å². The Kier molecular flexibility index (Phi) is 4.42. The highest BCUT2D eigenvalue weighted by molar-refractivity contribution is 5.93. The lowest BCUT2D eigenvalue weighted by atomic mass is 9.77. The normalized spacial score (nSPS) is 27.0. The molecule has 4 atom stereocenters. The topological polar surface area (TPSA) is 84.4 Å². The Balaban J connectivity index is 1.36. The van der Waals surface area contributed by atoms with E-state index in [2.05, 4.69) is 14.5 Å². The first-order chi connectivity index (χ1) is 14.0. The van der Waals surface area contributed by atoms with Crippen LogP contribution in [-0.2, 0) is 0 Å². The van der Waals surface area contributed by atoms with Gasteiger partial charge in [0, 0.05) is 19.0 Å². The van der Waals surface area contributed by atoms with Crippen LogP contribution in [0, 0.1) is 11.8 Å². The van der Waals surface area contributed by atoms with Crippen molar-refractivity contribution in [2.75, 3.05) is 13.1 Å². The molecule has 0 bridgehead atoms. The van der Waals surface area contributed by atoms with E-state index in [0.29, 0.717) is 42.8 Å². The molecular formula is C22H26N4O3. The van der Waals surface area contributed by atoms with Crippen LogP contribution in [0.15, 0.2) is 41.4 Å². The number of carbonyl (C=O) groups excluding carboxylic acids is 1. The van der Waals surface area contributed by atoms with E-state index in [1.165, 1.54) is 6.39 Å². The molecule has 152 valence electrons. The molecule has 7 heteroatoms. The molecule has 1 N–H and O–H groups in total. The van der Waals surface area contributed by atoms with Gasteiger partial charge in [-0.3, -0.25) is 4.79 Å². The molecule has 1 saturated carbocycles. The number of aromatic nitrogens is 3. The summed E-state index contributed by atoms with van der Waals surface area (Å²) in [6, 6.07) is 7.99. The van der Waals surface area contributed by atoms with Gasteiger partial charge >= 0.3 is 0 Å². The van der Waals surface area contributed by atoms with Gasteiger partial charge in [0.2, 0.25) is 0 Å². The molecule has 2 fully saturated rings. The highest BCUT2D eigenvalue weighted by Gasteiger charge is 2.44. The quantitative estimate of drug-likeness (QED) is 0.737. The number of oxazole rings is 1. The molecule has 3 aromatic rings. The van der Waals surface area contributed by atoms with Gasteiger partial charge in [-0.25, -0.2) is 9.97 Å². The first kappa shape index (κ1) is 18.4. The first-order valence-corrected chi connectivity index (χ1v) is 10.3. The molecular weight excluding hydrogens is 368 g/mol. The minimum Gasteiger partial charge on any atom is -0.447 e. The Morgan fingerprint density at radius 1 is 1.17 bits per heavy atom. The van der Waals surface area contributed by atoms with Crippen molar-refractivity contribution >= 4 is 16.9 Å². The number of imidazole rings is 1.